The molecule has 0 aliphatic rings. The van der Waals surface area contributed by atoms with Crippen LogP contribution < -0.4 is 4.74 Å². The van der Waals surface area contributed by atoms with Crippen LogP contribution in [0.2, 0.25) is 0 Å². The third-order valence-corrected chi connectivity index (χ3v) is 2.69. The first-order chi connectivity index (χ1) is 9.24. The van der Waals surface area contributed by atoms with Gasteiger partial charge in [0, 0.05) is 12.0 Å². The summed E-state index contributed by atoms with van der Waals surface area (Å²) in [4.78, 5) is 11.3. The monoisotopic (exact) mass is 260 g/mol. The number of carbonyl (C=O) groups excluding carboxylic acids is 1. The number of hydrogen-bond acceptors (Lipinski definition) is 4. The molecule has 2 aromatic rings. The van der Waals surface area contributed by atoms with Gasteiger partial charge in [0.15, 0.2) is 0 Å². The minimum Gasteiger partial charge on any atom is -0.494 e. The third kappa shape index (κ3) is 3.16. The van der Waals surface area contributed by atoms with Crippen molar-refractivity contribution in [1.29, 1.82) is 0 Å². The zero-order chi connectivity index (χ0) is 13.7. The fourth-order valence-electron chi connectivity index (χ4n) is 1.82. The van der Waals surface area contributed by atoms with Gasteiger partial charge in [-0.1, -0.05) is 18.2 Å². The fourth-order valence-corrected chi connectivity index (χ4v) is 1.82. The number of benzene rings is 1. The summed E-state index contributed by atoms with van der Waals surface area (Å²) in [5.74, 6) is 1.28. The van der Waals surface area contributed by atoms with Crippen LogP contribution in [0.1, 0.15) is 28.8 Å². The van der Waals surface area contributed by atoms with Crippen molar-refractivity contribution >= 4 is 5.97 Å². The van der Waals surface area contributed by atoms with Gasteiger partial charge in [0.2, 0.25) is 5.76 Å². The Morgan fingerprint density at radius 1 is 1.21 bits per heavy atom. The second kappa shape index (κ2) is 6.09. The Bertz CT molecular complexity index is 557. The Hall–Kier alpha value is -2.23. The van der Waals surface area contributed by atoms with Crippen molar-refractivity contribution in [2.45, 2.75) is 13.3 Å². The summed E-state index contributed by atoms with van der Waals surface area (Å²) >= 11 is 0. The molecule has 4 nitrogen and oxygen atoms in total. The van der Waals surface area contributed by atoms with E-state index in [2.05, 4.69) is 4.74 Å². The van der Waals surface area contributed by atoms with Gasteiger partial charge in [0.25, 0.3) is 0 Å². The maximum absolute atomic E-state index is 11.3. The largest absolute Gasteiger partial charge is 0.494 e. The van der Waals surface area contributed by atoms with Gasteiger partial charge in [0.1, 0.15) is 11.5 Å². The molecule has 1 heterocycles. The highest BCUT2D eigenvalue weighted by molar-refractivity contribution is 5.86. The molecule has 0 unspecified atom stereocenters. The molecule has 0 spiro atoms. The van der Waals surface area contributed by atoms with E-state index in [-0.39, 0.29) is 5.76 Å². The number of ether oxygens (including phenoxy) is 2. The number of para-hydroxylation sites is 1. The number of hydrogen-bond donors (Lipinski definition) is 0. The Balaban J connectivity index is 2.17. The summed E-state index contributed by atoms with van der Waals surface area (Å²) in [6.45, 7) is 2.56. The minimum absolute atomic E-state index is 0.214. The van der Waals surface area contributed by atoms with Crippen molar-refractivity contribution in [1.82, 2.24) is 0 Å². The van der Waals surface area contributed by atoms with Crippen molar-refractivity contribution in [3.05, 3.63) is 53.5 Å². The molecule has 0 N–H and O–H groups in total. The lowest BCUT2D eigenvalue weighted by Crippen LogP contribution is -1.99. The Morgan fingerprint density at radius 3 is 2.74 bits per heavy atom. The van der Waals surface area contributed by atoms with Gasteiger partial charge in [-0.2, -0.15) is 0 Å². The normalized spacial score (nSPS) is 10.2. The predicted octanol–water partition coefficient (Wildman–Crippen LogP) is 3.06. The molecule has 0 amide bonds. The Kier molecular flexibility index (Phi) is 4.23. The Labute approximate surface area is 111 Å². The van der Waals surface area contributed by atoms with E-state index < -0.39 is 5.97 Å². The quantitative estimate of drug-likeness (QED) is 0.775. The molecule has 2 rings (SSSR count). The molecule has 0 saturated heterocycles. The zero-order valence-corrected chi connectivity index (χ0v) is 11.0. The maximum Gasteiger partial charge on any atom is 0.373 e. The standard InChI is InChI=1S/C15H16O4/c1-3-18-13-7-5-4-6-11(13)10-12-8-9-14(19-12)15(16)17-2/h4-9H,3,10H2,1-2H3. The van der Waals surface area contributed by atoms with E-state index >= 15 is 0 Å². The molecule has 0 bridgehead atoms. The minimum atomic E-state index is -0.468. The number of esters is 1. The first kappa shape index (κ1) is 13.2. The van der Waals surface area contributed by atoms with Gasteiger partial charge in [-0.05, 0) is 25.1 Å². The molecule has 0 saturated carbocycles. The topological polar surface area (TPSA) is 48.7 Å². The molecule has 0 fully saturated rings. The van der Waals surface area contributed by atoms with Crippen LogP contribution in [-0.2, 0) is 11.2 Å². The molecular formula is C15H16O4. The number of furan rings is 1. The first-order valence-corrected chi connectivity index (χ1v) is 6.12. The number of carbonyl (C=O) groups is 1. The molecule has 1 aromatic carbocycles. The molecule has 0 radical (unpaired) electrons. The van der Waals surface area contributed by atoms with E-state index in [4.69, 9.17) is 9.15 Å². The summed E-state index contributed by atoms with van der Waals surface area (Å²) in [5.41, 5.74) is 1.02. The van der Waals surface area contributed by atoms with E-state index in [9.17, 15) is 4.79 Å². The molecule has 1 aromatic heterocycles. The van der Waals surface area contributed by atoms with Crippen molar-refractivity contribution in [2.24, 2.45) is 0 Å². The van der Waals surface area contributed by atoms with Crippen LogP contribution in [0.4, 0.5) is 0 Å². The summed E-state index contributed by atoms with van der Waals surface area (Å²) in [6, 6.07) is 11.2. The van der Waals surface area contributed by atoms with Crippen molar-refractivity contribution in [2.75, 3.05) is 13.7 Å². The molecule has 4 heteroatoms. The first-order valence-electron chi connectivity index (χ1n) is 6.12. The molecule has 100 valence electrons. The van der Waals surface area contributed by atoms with Crippen molar-refractivity contribution < 1.29 is 18.7 Å². The smallest absolute Gasteiger partial charge is 0.373 e. The third-order valence-electron chi connectivity index (χ3n) is 2.69. The van der Waals surface area contributed by atoms with Gasteiger partial charge in [-0.15, -0.1) is 0 Å². The lowest BCUT2D eigenvalue weighted by atomic mass is 10.1. The highest BCUT2D eigenvalue weighted by Crippen LogP contribution is 2.22. The lowest BCUT2D eigenvalue weighted by Gasteiger charge is -2.08. The Morgan fingerprint density at radius 2 is 2.00 bits per heavy atom. The van der Waals surface area contributed by atoms with Crippen LogP contribution >= 0.6 is 0 Å². The van der Waals surface area contributed by atoms with Gasteiger partial charge in [-0.25, -0.2) is 4.79 Å². The lowest BCUT2D eigenvalue weighted by molar-refractivity contribution is 0.0563. The van der Waals surface area contributed by atoms with E-state index in [0.29, 0.717) is 18.8 Å². The van der Waals surface area contributed by atoms with Crippen molar-refractivity contribution in [3.8, 4) is 5.75 Å². The van der Waals surface area contributed by atoms with Crippen LogP contribution in [0.25, 0.3) is 0 Å². The van der Waals surface area contributed by atoms with Gasteiger partial charge >= 0.3 is 5.97 Å². The summed E-state index contributed by atoms with van der Waals surface area (Å²) in [6.07, 6.45) is 0.577. The molecule has 0 atom stereocenters. The zero-order valence-electron chi connectivity index (χ0n) is 11.0. The summed E-state index contributed by atoms with van der Waals surface area (Å²) in [5, 5.41) is 0. The number of rotatable bonds is 5. The summed E-state index contributed by atoms with van der Waals surface area (Å²) < 4.78 is 15.6. The van der Waals surface area contributed by atoms with Crippen LogP contribution in [0, 0.1) is 0 Å². The highest BCUT2D eigenvalue weighted by atomic mass is 16.5. The van der Waals surface area contributed by atoms with Crippen LogP contribution in [0.15, 0.2) is 40.8 Å². The fraction of sp³-hybridized carbons (Fsp3) is 0.267. The van der Waals surface area contributed by atoms with E-state index in [1.807, 2.05) is 31.2 Å². The number of methoxy groups -OCH3 is 1. The van der Waals surface area contributed by atoms with Gasteiger partial charge in [-0.3, -0.25) is 0 Å². The van der Waals surface area contributed by atoms with Crippen molar-refractivity contribution in [3.63, 3.8) is 0 Å². The average Bonchev–Trinajstić information content (AvgIpc) is 2.89. The second-order valence-corrected chi connectivity index (χ2v) is 3.98. The van der Waals surface area contributed by atoms with E-state index in [1.165, 1.54) is 7.11 Å². The van der Waals surface area contributed by atoms with Gasteiger partial charge in [0.05, 0.1) is 13.7 Å². The van der Waals surface area contributed by atoms with Gasteiger partial charge < -0.3 is 13.9 Å². The SMILES string of the molecule is CCOc1ccccc1Cc1ccc(C(=O)OC)o1. The maximum atomic E-state index is 11.3. The molecule has 0 aliphatic heterocycles. The molecule has 0 aliphatic carbocycles. The summed E-state index contributed by atoms with van der Waals surface area (Å²) in [7, 11) is 1.33. The molecular weight excluding hydrogens is 244 g/mol. The van der Waals surface area contributed by atoms with Crippen LogP contribution in [0.3, 0.4) is 0 Å². The predicted molar refractivity (Wildman–Crippen MR) is 70.5 cm³/mol. The van der Waals surface area contributed by atoms with Crippen LogP contribution in [0.5, 0.6) is 5.75 Å². The van der Waals surface area contributed by atoms with Crippen LogP contribution in [-0.4, -0.2) is 19.7 Å². The van der Waals surface area contributed by atoms with E-state index in [1.54, 1.807) is 12.1 Å². The molecule has 19 heavy (non-hydrogen) atoms. The van der Waals surface area contributed by atoms with E-state index in [0.717, 1.165) is 11.3 Å². The average molecular weight is 260 g/mol. The highest BCUT2D eigenvalue weighted by Gasteiger charge is 2.12. The second-order valence-electron chi connectivity index (χ2n) is 3.98.